The van der Waals surface area contributed by atoms with Gasteiger partial charge in [0, 0.05) is 23.4 Å². The van der Waals surface area contributed by atoms with E-state index < -0.39 is 0 Å². The first kappa shape index (κ1) is 18.9. The van der Waals surface area contributed by atoms with Crippen LogP contribution in [0.15, 0.2) is 23.0 Å². The predicted octanol–water partition coefficient (Wildman–Crippen LogP) is 5.61. The molecule has 0 radical (unpaired) electrons. The van der Waals surface area contributed by atoms with Crippen LogP contribution in [-0.2, 0) is 13.0 Å². The summed E-state index contributed by atoms with van der Waals surface area (Å²) < 4.78 is 1.66. The van der Waals surface area contributed by atoms with Gasteiger partial charge in [-0.2, -0.15) is 5.26 Å². The number of hydrogen-bond acceptors (Lipinski definition) is 4. The smallest absolute Gasteiger partial charge is 0.262 e. The Kier molecular flexibility index (Phi) is 5.67. The van der Waals surface area contributed by atoms with Crippen LogP contribution < -0.4 is 5.56 Å². The summed E-state index contributed by atoms with van der Waals surface area (Å²) in [6.45, 7) is 4.38. The number of aromatic nitrogens is 2. The van der Waals surface area contributed by atoms with Crippen LogP contribution in [-0.4, -0.2) is 9.55 Å². The van der Waals surface area contributed by atoms with Crippen molar-refractivity contribution in [3.63, 3.8) is 0 Å². The van der Waals surface area contributed by atoms with Crippen LogP contribution in [0.3, 0.4) is 0 Å². The van der Waals surface area contributed by atoms with E-state index in [4.69, 9.17) is 28.5 Å². The van der Waals surface area contributed by atoms with Crippen molar-refractivity contribution in [1.29, 1.82) is 5.26 Å². The van der Waals surface area contributed by atoms with E-state index >= 15 is 0 Å². The lowest BCUT2D eigenvalue weighted by Gasteiger charge is -2.10. The fourth-order valence-corrected chi connectivity index (χ4v) is 4.48. The number of rotatable bonds is 5. The lowest BCUT2D eigenvalue weighted by Crippen LogP contribution is -2.23. The molecule has 134 valence electrons. The quantitative estimate of drug-likeness (QED) is 0.518. The molecule has 0 saturated carbocycles. The van der Waals surface area contributed by atoms with E-state index in [-0.39, 0.29) is 5.56 Å². The van der Waals surface area contributed by atoms with E-state index in [1.807, 2.05) is 13.0 Å². The van der Waals surface area contributed by atoms with Crippen molar-refractivity contribution in [2.45, 2.75) is 39.7 Å². The number of thiophene rings is 1. The van der Waals surface area contributed by atoms with E-state index in [2.05, 4.69) is 18.0 Å². The second-order valence-corrected chi connectivity index (χ2v) is 7.84. The molecule has 0 atom stereocenters. The SMILES string of the molecule is CCc1sc2nc(C)n(CCCC#N)c(=O)c2c1-c1ccc(Cl)c(Cl)c1. The standard InChI is InChI=1S/C19H17Cl2N3OS/c1-3-15-16(12-6-7-13(20)14(21)10-12)17-18(26-15)23-11(2)24(19(17)25)9-5-4-8-22/h6-7,10H,3-5,9H2,1-2H3. The second kappa shape index (κ2) is 7.79. The zero-order valence-corrected chi connectivity index (χ0v) is 16.8. The molecular weight excluding hydrogens is 389 g/mol. The summed E-state index contributed by atoms with van der Waals surface area (Å²) in [7, 11) is 0. The van der Waals surface area contributed by atoms with E-state index in [1.165, 1.54) is 0 Å². The highest BCUT2D eigenvalue weighted by molar-refractivity contribution is 7.19. The highest BCUT2D eigenvalue weighted by Crippen LogP contribution is 2.38. The van der Waals surface area contributed by atoms with Gasteiger partial charge in [-0.3, -0.25) is 9.36 Å². The average molecular weight is 406 g/mol. The molecule has 0 aliphatic rings. The first-order chi connectivity index (χ1) is 12.5. The third kappa shape index (κ3) is 3.37. The van der Waals surface area contributed by atoms with Gasteiger partial charge in [-0.25, -0.2) is 4.98 Å². The molecular formula is C19H17Cl2N3OS. The van der Waals surface area contributed by atoms with Crippen LogP contribution in [0.5, 0.6) is 0 Å². The lowest BCUT2D eigenvalue weighted by molar-refractivity contribution is 0.607. The molecule has 26 heavy (non-hydrogen) atoms. The third-order valence-electron chi connectivity index (χ3n) is 4.28. The van der Waals surface area contributed by atoms with Gasteiger partial charge in [-0.15, -0.1) is 11.3 Å². The Morgan fingerprint density at radius 2 is 2.08 bits per heavy atom. The molecule has 4 nitrogen and oxygen atoms in total. The Labute approximate surface area is 165 Å². The van der Waals surface area contributed by atoms with E-state index in [0.717, 1.165) is 27.3 Å². The summed E-state index contributed by atoms with van der Waals surface area (Å²) >= 11 is 13.8. The number of hydrogen-bond donors (Lipinski definition) is 0. The number of benzene rings is 1. The molecule has 0 N–H and O–H groups in total. The summed E-state index contributed by atoms with van der Waals surface area (Å²) in [5.74, 6) is 0.671. The molecule has 7 heteroatoms. The summed E-state index contributed by atoms with van der Waals surface area (Å²) in [6, 6.07) is 7.54. The molecule has 2 heterocycles. The van der Waals surface area contributed by atoms with E-state index in [0.29, 0.717) is 40.6 Å². The number of nitriles is 1. The molecule has 0 aliphatic heterocycles. The largest absolute Gasteiger partial charge is 0.296 e. The van der Waals surface area contributed by atoms with Gasteiger partial charge < -0.3 is 0 Å². The van der Waals surface area contributed by atoms with Gasteiger partial charge in [0.25, 0.3) is 5.56 Å². The Morgan fingerprint density at radius 3 is 2.73 bits per heavy atom. The van der Waals surface area contributed by atoms with Crippen molar-refractivity contribution in [3.05, 3.63) is 49.3 Å². The van der Waals surface area contributed by atoms with Crippen LogP contribution in [0.1, 0.15) is 30.5 Å². The number of fused-ring (bicyclic) bond motifs is 1. The number of unbranched alkanes of at least 4 members (excludes halogenated alkanes) is 1. The molecule has 0 spiro atoms. The summed E-state index contributed by atoms with van der Waals surface area (Å²) in [6.07, 6.45) is 1.83. The normalized spacial score (nSPS) is 11.0. The van der Waals surface area contributed by atoms with Crippen molar-refractivity contribution >= 4 is 44.8 Å². The Morgan fingerprint density at radius 1 is 1.31 bits per heavy atom. The van der Waals surface area contributed by atoms with E-state index in [1.54, 1.807) is 28.0 Å². The summed E-state index contributed by atoms with van der Waals surface area (Å²) in [5, 5.41) is 10.3. The zero-order chi connectivity index (χ0) is 18.8. The maximum absolute atomic E-state index is 13.2. The first-order valence-electron chi connectivity index (χ1n) is 8.33. The van der Waals surface area contributed by atoms with Gasteiger partial charge >= 0.3 is 0 Å². The van der Waals surface area contributed by atoms with Gasteiger partial charge in [0.1, 0.15) is 10.7 Å². The molecule has 0 amide bonds. The van der Waals surface area contributed by atoms with Crippen molar-refractivity contribution in [2.75, 3.05) is 0 Å². The van der Waals surface area contributed by atoms with Gasteiger partial charge in [0.05, 0.1) is 21.5 Å². The maximum Gasteiger partial charge on any atom is 0.262 e. The summed E-state index contributed by atoms with van der Waals surface area (Å²) in [4.78, 5) is 19.7. The minimum atomic E-state index is -0.0672. The molecule has 3 rings (SSSR count). The number of aryl methyl sites for hydroxylation is 2. The van der Waals surface area contributed by atoms with Gasteiger partial charge in [-0.05, 0) is 37.5 Å². The topological polar surface area (TPSA) is 58.7 Å². The van der Waals surface area contributed by atoms with Crippen LogP contribution >= 0.6 is 34.5 Å². The van der Waals surface area contributed by atoms with Crippen molar-refractivity contribution in [2.24, 2.45) is 0 Å². The molecule has 1 aromatic carbocycles. The molecule has 0 saturated heterocycles. The highest BCUT2D eigenvalue weighted by Gasteiger charge is 2.20. The summed E-state index contributed by atoms with van der Waals surface area (Å²) in [5.41, 5.74) is 1.69. The van der Waals surface area contributed by atoms with Gasteiger partial charge in [0.15, 0.2) is 0 Å². The number of nitrogens with zero attached hydrogens (tertiary/aromatic N) is 3. The maximum atomic E-state index is 13.2. The van der Waals surface area contributed by atoms with Gasteiger partial charge in [-0.1, -0.05) is 36.2 Å². The molecule has 0 aliphatic carbocycles. The highest BCUT2D eigenvalue weighted by atomic mass is 35.5. The number of halogens is 2. The van der Waals surface area contributed by atoms with E-state index in [9.17, 15) is 4.79 Å². The van der Waals surface area contributed by atoms with Crippen molar-refractivity contribution < 1.29 is 0 Å². The van der Waals surface area contributed by atoms with Crippen molar-refractivity contribution in [3.8, 4) is 17.2 Å². The Hall–Kier alpha value is -1.87. The van der Waals surface area contributed by atoms with Gasteiger partial charge in [0.2, 0.25) is 0 Å². The fourth-order valence-electron chi connectivity index (χ4n) is 3.02. The first-order valence-corrected chi connectivity index (χ1v) is 9.90. The predicted molar refractivity (Wildman–Crippen MR) is 108 cm³/mol. The minimum Gasteiger partial charge on any atom is -0.296 e. The monoisotopic (exact) mass is 405 g/mol. The minimum absolute atomic E-state index is 0.0672. The molecule has 0 fully saturated rings. The molecule has 3 aromatic rings. The van der Waals surface area contributed by atoms with Crippen LogP contribution in [0.25, 0.3) is 21.3 Å². The molecule has 2 aromatic heterocycles. The molecule has 0 unspecified atom stereocenters. The van der Waals surface area contributed by atoms with Crippen LogP contribution in [0, 0.1) is 18.3 Å². The molecule has 0 bridgehead atoms. The second-order valence-electron chi connectivity index (χ2n) is 5.94. The Balaban J connectivity index is 2.27. The van der Waals surface area contributed by atoms with Crippen LogP contribution in [0.2, 0.25) is 10.0 Å². The average Bonchev–Trinajstić information content (AvgIpc) is 2.98. The van der Waals surface area contributed by atoms with Crippen LogP contribution in [0.4, 0.5) is 0 Å². The zero-order valence-electron chi connectivity index (χ0n) is 14.5. The lowest BCUT2D eigenvalue weighted by atomic mass is 10.0. The Bertz CT molecular complexity index is 1080. The van der Waals surface area contributed by atoms with Crippen molar-refractivity contribution in [1.82, 2.24) is 9.55 Å². The third-order valence-corrected chi connectivity index (χ3v) is 6.24. The fraction of sp³-hybridized carbons (Fsp3) is 0.316.